The Bertz CT molecular complexity index is 719. The van der Waals surface area contributed by atoms with Crippen LogP contribution in [0.4, 0.5) is 16.6 Å². The molecule has 1 aromatic rings. The molecule has 7 nitrogen and oxygen atoms in total. The molecular formula is C19H28Cl3N5O2. The van der Waals surface area contributed by atoms with Crippen LogP contribution >= 0.6 is 34.8 Å². The van der Waals surface area contributed by atoms with Crippen LogP contribution in [0.3, 0.4) is 0 Å². The minimum absolute atomic E-state index is 0.0534. The first kappa shape index (κ1) is 22.5. The summed E-state index contributed by atoms with van der Waals surface area (Å²) in [5, 5.41) is 6.34. The molecule has 0 bridgehead atoms. The van der Waals surface area contributed by atoms with Crippen LogP contribution in [0.2, 0.25) is 0 Å². The lowest BCUT2D eigenvalue weighted by Crippen LogP contribution is -2.41. The van der Waals surface area contributed by atoms with E-state index in [4.69, 9.17) is 49.5 Å². The highest BCUT2D eigenvalue weighted by molar-refractivity contribution is 6.67. The standard InChI is InChI=1S/C19H28Cl3N5O2/c1-27(2)16-14-5-3-4-6-15(14)25-17(26-16)23-12-7-9-13(10-8-12)24-18(28)29-11-19(20,21)22/h12-13H,3-11H2,1-2H3,(H,24,28)(H,23,25,26). The molecule has 0 radical (unpaired) electrons. The summed E-state index contributed by atoms with van der Waals surface area (Å²) < 4.78 is 3.34. The van der Waals surface area contributed by atoms with E-state index in [9.17, 15) is 4.79 Å². The third kappa shape index (κ3) is 6.66. The molecule has 1 aromatic heterocycles. The van der Waals surface area contributed by atoms with Gasteiger partial charge in [-0.05, 0) is 51.4 Å². The van der Waals surface area contributed by atoms with Gasteiger partial charge in [0.25, 0.3) is 0 Å². The summed E-state index contributed by atoms with van der Waals surface area (Å²) in [5.41, 5.74) is 2.46. The van der Waals surface area contributed by atoms with Gasteiger partial charge in [0.2, 0.25) is 9.74 Å². The second-order valence-electron chi connectivity index (χ2n) is 7.93. The van der Waals surface area contributed by atoms with Gasteiger partial charge in [-0.2, -0.15) is 4.98 Å². The fourth-order valence-corrected chi connectivity index (χ4v) is 4.09. The summed E-state index contributed by atoms with van der Waals surface area (Å²) >= 11 is 16.8. The Morgan fingerprint density at radius 1 is 1.10 bits per heavy atom. The summed E-state index contributed by atoms with van der Waals surface area (Å²) in [6, 6.07) is 0.333. The largest absolute Gasteiger partial charge is 0.445 e. The smallest absolute Gasteiger partial charge is 0.407 e. The van der Waals surface area contributed by atoms with Crippen LogP contribution in [0.15, 0.2) is 0 Å². The molecule has 0 spiro atoms. The number of carbonyl (C=O) groups is 1. The van der Waals surface area contributed by atoms with Crippen molar-refractivity contribution >= 4 is 52.7 Å². The molecule has 10 heteroatoms. The first-order valence-electron chi connectivity index (χ1n) is 10.0. The van der Waals surface area contributed by atoms with Crippen LogP contribution in [0.1, 0.15) is 49.8 Å². The number of nitrogens with zero attached hydrogens (tertiary/aromatic N) is 3. The van der Waals surface area contributed by atoms with Crippen LogP contribution in [0.25, 0.3) is 0 Å². The number of hydrogen-bond donors (Lipinski definition) is 2. The minimum Gasteiger partial charge on any atom is -0.445 e. The number of amides is 1. The number of alkyl halides is 3. The molecular weight excluding hydrogens is 437 g/mol. The topological polar surface area (TPSA) is 79.4 Å². The predicted octanol–water partition coefficient (Wildman–Crippen LogP) is 4.24. The van der Waals surface area contributed by atoms with Crippen LogP contribution < -0.4 is 15.5 Å². The highest BCUT2D eigenvalue weighted by Crippen LogP contribution is 2.29. The van der Waals surface area contributed by atoms with E-state index in [-0.39, 0.29) is 18.7 Å². The number of hydrogen-bond acceptors (Lipinski definition) is 6. The molecule has 162 valence electrons. The molecule has 0 atom stereocenters. The van der Waals surface area contributed by atoms with Crippen molar-refractivity contribution in [2.75, 3.05) is 30.9 Å². The molecule has 1 saturated carbocycles. The quantitative estimate of drug-likeness (QED) is 0.635. The van der Waals surface area contributed by atoms with Crippen LogP contribution in [0.5, 0.6) is 0 Å². The number of rotatable bonds is 5. The number of nitrogens with one attached hydrogen (secondary N) is 2. The molecule has 2 aliphatic rings. The first-order chi connectivity index (χ1) is 13.7. The molecule has 29 heavy (non-hydrogen) atoms. The number of carbonyl (C=O) groups excluding carboxylic acids is 1. The van der Waals surface area contributed by atoms with Crippen molar-refractivity contribution in [2.45, 2.75) is 67.2 Å². The third-order valence-electron chi connectivity index (χ3n) is 5.33. The normalized spacial score (nSPS) is 21.8. The van der Waals surface area contributed by atoms with E-state index in [0.29, 0.717) is 5.95 Å². The molecule has 0 unspecified atom stereocenters. The Kier molecular flexibility index (Phi) is 7.57. The number of halogens is 3. The summed E-state index contributed by atoms with van der Waals surface area (Å²) in [6.07, 6.45) is 7.39. The van der Waals surface area contributed by atoms with Gasteiger partial charge in [-0.1, -0.05) is 34.8 Å². The maximum Gasteiger partial charge on any atom is 0.407 e. The zero-order chi connectivity index (χ0) is 21.0. The molecule has 0 saturated heterocycles. The number of anilines is 2. The van der Waals surface area contributed by atoms with Gasteiger partial charge >= 0.3 is 6.09 Å². The molecule has 2 aliphatic carbocycles. The molecule has 1 heterocycles. The lowest BCUT2D eigenvalue weighted by Gasteiger charge is -2.30. The Labute approximate surface area is 186 Å². The Morgan fingerprint density at radius 2 is 1.76 bits per heavy atom. The van der Waals surface area contributed by atoms with Gasteiger partial charge < -0.3 is 20.3 Å². The van der Waals surface area contributed by atoms with Crippen molar-refractivity contribution in [1.82, 2.24) is 15.3 Å². The van der Waals surface area contributed by atoms with Crippen molar-refractivity contribution < 1.29 is 9.53 Å². The van der Waals surface area contributed by atoms with Crippen molar-refractivity contribution in [3.8, 4) is 0 Å². The maximum absolute atomic E-state index is 11.8. The van der Waals surface area contributed by atoms with Gasteiger partial charge in [0.1, 0.15) is 12.4 Å². The fraction of sp³-hybridized carbons (Fsp3) is 0.737. The summed E-state index contributed by atoms with van der Waals surface area (Å²) in [4.78, 5) is 23.4. The average molecular weight is 465 g/mol. The van der Waals surface area contributed by atoms with E-state index in [1.807, 2.05) is 14.1 Å². The maximum atomic E-state index is 11.8. The third-order valence-corrected chi connectivity index (χ3v) is 5.66. The molecule has 1 amide bonds. The van der Waals surface area contributed by atoms with E-state index >= 15 is 0 Å². The van der Waals surface area contributed by atoms with Crippen molar-refractivity contribution in [1.29, 1.82) is 0 Å². The van der Waals surface area contributed by atoms with Crippen LogP contribution in [-0.2, 0) is 17.6 Å². The number of fused-ring (bicyclic) bond motifs is 1. The Hall–Kier alpha value is -1.18. The van der Waals surface area contributed by atoms with E-state index < -0.39 is 9.89 Å². The zero-order valence-corrected chi connectivity index (χ0v) is 19.1. The molecule has 0 aliphatic heterocycles. The molecule has 2 N–H and O–H groups in total. The van der Waals surface area contributed by atoms with Crippen LogP contribution in [0, 0.1) is 0 Å². The van der Waals surface area contributed by atoms with Crippen molar-refractivity contribution in [2.24, 2.45) is 0 Å². The first-order valence-corrected chi connectivity index (χ1v) is 11.2. The number of alkyl carbamates (subject to hydrolysis) is 1. The van der Waals surface area contributed by atoms with Gasteiger partial charge in [-0.15, -0.1) is 0 Å². The Balaban J connectivity index is 1.52. The average Bonchev–Trinajstić information content (AvgIpc) is 2.67. The fourth-order valence-electron chi connectivity index (χ4n) is 3.93. The minimum atomic E-state index is -1.60. The van der Waals surface area contributed by atoms with E-state index in [2.05, 4.69) is 15.5 Å². The lowest BCUT2D eigenvalue weighted by molar-refractivity contribution is 0.141. The molecule has 0 aromatic carbocycles. The second kappa shape index (κ2) is 9.75. The Morgan fingerprint density at radius 3 is 2.41 bits per heavy atom. The van der Waals surface area contributed by atoms with Crippen molar-refractivity contribution in [3.05, 3.63) is 11.3 Å². The van der Waals surface area contributed by atoms with Crippen LogP contribution in [-0.4, -0.2) is 52.6 Å². The zero-order valence-electron chi connectivity index (χ0n) is 16.8. The van der Waals surface area contributed by atoms with Gasteiger partial charge in [0.15, 0.2) is 0 Å². The van der Waals surface area contributed by atoms with Gasteiger partial charge in [-0.3, -0.25) is 0 Å². The summed E-state index contributed by atoms with van der Waals surface area (Å²) in [6.45, 7) is -0.274. The summed E-state index contributed by atoms with van der Waals surface area (Å²) in [7, 11) is 4.05. The number of ether oxygens (including phenoxy) is 1. The predicted molar refractivity (Wildman–Crippen MR) is 117 cm³/mol. The lowest BCUT2D eigenvalue weighted by atomic mass is 9.91. The van der Waals surface area contributed by atoms with Gasteiger partial charge in [0, 0.05) is 31.7 Å². The monoisotopic (exact) mass is 463 g/mol. The number of aryl methyl sites for hydroxylation is 1. The SMILES string of the molecule is CN(C)c1nc(NC2CCC(NC(=O)OCC(Cl)(Cl)Cl)CC2)nc2c1CCCC2. The van der Waals surface area contributed by atoms with Gasteiger partial charge in [-0.25, -0.2) is 9.78 Å². The second-order valence-corrected chi connectivity index (χ2v) is 10.4. The molecule has 3 rings (SSSR count). The van der Waals surface area contributed by atoms with E-state index in [1.165, 1.54) is 24.1 Å². The van der Waals surface area contributed by atoms with Crippen molar-refractivity contribution in [3.63, 3.8) is 0 Å². The van der Waals surface area contributed by atoms with E-state index in [0.717, 1.165) is 44.3 Å². The highest BCUT2D eigenvalue weighted by Gasteiger charge is 2.26. The molecule has 1 fully saturated rings. The number of aromatic nitrogens is 2. The van der Waals surface area contributed by atoms with E-state index in [1.54, 1.807) is 0 Å². The summed E-state index contributed by atoms with van der Waals surface area (Å²) in [5.74, 6) is 1.72. The van der Waals surface area contributed by atoms with Gasteiger partial charge in [0.05, 0.1) is 5.69 Å². The highest BCUT2D eigenvalue weighted by atomic mass is 35.6.